The minimum absolute atomic E-state index is 0.0341. The summed E-state index contributed by atoms with van der Waals surface area (Å²) < 4.78 is 11.5. The lowest BCUT2D eigenvalue weighted by Gasteiger charge is -2.56. The van der Waals surface area contributed by atoms with E-state index >= 15 is 0 Å². The van der Waals surface area contributed by atoms with E-state index in [9.17, 15) is 4.79 Å². The fourth-order valence-electron chi connectivity index (χ4n) is 4.21. The Bertz CT molecular complexity index is 368. The maximum atomic E-state index is 12.7. The Kier molecular flexibility index (Phi) is 2.85. The highest BCUT2D eigenvalue weighted by Crippen LogP contribution is 2.51. The lowest BCUT2D eigenvalue weighted by Crippen LogP contribution is -2.72. The molecule has 4 rings (SSSR count). The summed E-state index contributed by atoms with van der Waals surface area (Å²) in [5.74, 6) is 1.15. The molecule has 0 bridgehead atoms. The Balaban J connectivity index is 1.47. The van der Waals surface area contributed by atoms with Gasteiger partial charge in [-0.3, -0.25) is 4.79 Å². The van der Waals surface area contributed by atoms with E-state index in [0.717, 1.165) is 45.4 Å². The van der Waals surface area contributed by atoms with Crippen LogP contribution in [0.1, 0.15) is 38.5 Å². The number of hydrogen-bond donors (Lipinski definition) is 0. The Morgan fingerprint density at radius 3 is 2.68 bits per heavy atom. The maximum Gasteiger partial charge on any atom is 0.228 e. The van der Waals surface area contributed by atoms with E-state index in [-0.39, 0.29) is 11.5 Å². The molecule has 4 aliphatic rings. The number of hydrogen-bond acceptors (Lipinski definition) is 3. The molecule has 3 atom stereocenters. The van der Waals surface area contributed by atoms with E-state index in [1.807, 2.05) is 0 Å². The average molecular weight is 265 g/mol. The van der Waals surface area contributed by atoms with Gasteiger partial charge >= 0.3 is 0 Å². The van der Waals surface area contributed by atoms with E-state index in [2.05, 4.69) is 4.90 Å². The number of ether oxygens (including phenoxy) is 2. The van der Waals surface area contributed by atoms with Crippen LogP contribution < -0.4 is 0 Å². The molecule has 0 aromatic rings. The highest BCUT2D eigenvalue weighted by Gasteiger charge is 2.62. The van der Waals surface area contributed by atoms with E-state index in [0.29, 0.717) is 24.5 Å². The molecule has 4 heteroatoms. The number of nitrogens with zero attached hydrogens (tertiary/aromatic N) is 1. The molecule has 1 aliphatic carbocycles. The molecule has 0 aromatic carbocycles. The molecule has 1 saturated carbocycles. The second-order valence-electron chi connectivity index (χ2n) is 6.68. The van der Waals surface area contributed by atoms with Crippen molar-refractivity contribution in [1.82, 2.24) is 4.90 Å². The molecule has 1 spiro atoms. The Morgan fingerprint density at radius 1 is 1.16 bits per heavy atom. The normalized spacial score (nSPS) is 42.4. The Morgan fingerprint density at radius 2 is 2.05 bits per heavy atom. The van der Waals surface area contributed by atoms with Crippen LogP contribution in [0.2, 0.25) is 0 Å². The largest absolute Gasteiger partial charge is 0.381 e. The van der Waals surface area contributed by atoms with Gasteiger partial charge in [0.2, 0.25) is 5.91 Å². The zero-order valence-electron chi connectivity index (χ0n) is 11.5. The van der Waals surface area contributed by atoms with Crippen LogP contribution in [0.15, 0.2) is 0 Å². The van der Waals surface area contributed by atoms with E-state index < -0.39 is 0 Å². The molecular weight excluding hydrogens is 242 g/mol. The average Bonchev–Trinajstić information content (AvgIpc) is 3.10. The van der Waals surface area contributed by atoms with Crippen LogP contribution >= 0.6 is 0 Å². The topological polar surface area (TPSA) is 38.8 Å². The second-order valence-corrected chi connectivity index (χ2v) is 6.68. The van der Waals surface area contributed by atoms with Crippen LogP contribution in [0, 0.1) is 11.8 Å². The summed E-state index contributed by atoms with van der Waals surface area (Å²) >= 11 is 0. The van der Waals surface area contributed by atoms with Crippen molar-refractivity contribution in [2.45, 2.75) is 50.2 Å². The zero-order valence-corrected chi connectivity index (χ0v) is 11.5. The molecule has 3 saturated heterocycles. The van der Waals surface area contributed by atoms with E-state index in [1.54, 1.807) is 0 Å². The van der Waals surface area contributed by atoms with Crippen LogP contribution in [0.5, 0.6) is 0 Å². The number of amides is 1. The standard InChI is InChI=1S/C15H23NO3/c17-14(12-3-1-7-18-9-12)16-10-15(6-2-8-19-15)13(16)11-4-5-11/h11-13H,1-10H2/t12-,13+,15+/m1/s1. The summed E-state index contributed by atoms with van der Waals surface area (Å²) in [6.45, 7) is 3.17. The summed E-state index contributed by atoms with van der Waals surface area (Å²) in [6, 6.07) is 0.379. The second kappa shape index (κ2) is 4.45. The summed E-state index contributed by atoms with van der Waals surface area (Å²) in [6.07, 6.45) is 6.90. The molecule has 106 valence electrons. The van der Waals surface area contributed by atoms with Gasteiger partial charge in [-0.25, -0.2) is 0 Å². The molecule has 3 heterocycles. The third-order valence-electron chi connectivity index (χ3n) is 5.31. The number of likely N-dealkylation sites (tertiary alicyclic amines) is 1. The number of carbonyl (C=O) groups is 1. The SMILES string of the molecule is O=C([C@@H]1CCCOC1)N1C[C@@]2(CCCO2)[C@@H]1C1CC1. The van der Waals surface area contributed by atoms with Gasteiger partial charge in [0.05, 0.1) is 25.1 Å². The van der Waals surface area contributed by atoms with Gasteiger partial charge in [0.15, 0.2) is 0 Å². The van der Waals surface area contributed by atoms with Crippen molar-refractivity contribution in [3.63, 3.8) is 0 Å². The summed E-state index contributed by atoms with van der Waals surface area (Å²) in [7, 11) is 0. The highest BCUT2D eigenvalue weighted by atomic mass is 16.5. The van der Waals surface area contributed by atoms with Gasteiger partial charge in [-0.05, 0) is 44.4 Å². The van der Waals surface area contributed by atoms with Crippen molar-refractivity contribution < 1.29 is 14.3 Å². The molecule has 3 aliphatic heterocycles. The fourth-order valence-corrected chi connectivity index (χ4v) is 4.21. The molecule has 0 N–H and O–H groups in total. The van der Waals surface area contributed by atoms with Gasteiger partial charge in [-0.15, -0.1) is 0 Å². The lowest BCUT2D eigenvalue weighted by molar-refractivity contribution is -0.190. The molecule has 19 heavy (non-hydrogen) atoms. The van der Waals surface area contributed by atoms with Gasteiger partial charge in [-0.2, -0.15) is 0 Å². The zero-order chi connectivity index (χ0) is 12.9. The highest BCUT2D eigenvalue weighted by molar-refractivity contribution is 5.81. The first-order valence-corrected chi connectivity index (χ1v) is 7.82. The predicted molar refractivity (Wildman–Crippen MR) is 69.7 cm³/mol. The lowest BCUT2D eigenvalue weighted by atomic mass is 9.77. The van der Waals surface area contributed by atoms with Gasteiger partial charge in [0.25, 0.3) is 0 Å². The summed E-state index contributed by atoms with van der Waals surface area (Å²) in [5, 5.41) is 0. The summed E-state index contributed by atoms with van der Waals surface area (Å²) in [4.78, 5) is 14.8. The molecular formula is C15H23NO3. The van der Waals surface area contributed by atoms with Crippen molar-refractivity contribution in [2.75, 3.05) is 26.4 Å². The van der Waals surface area contributed by atoms with Crippen LogP contribution in [0.4, 0.5) is 0 Å². The molecule has 0 aromatic heterocycles. The van der Waals surface area contributed by atoms with E-state index in [4.69, 9.17) is 9.47 Å². The van der Waals surface area contributed by atoms with Crippen LogP contribution in [-0.4, -0.2) is 48.8 Å². The molecule has 0 unspecified atom stereocenters. The molecule has 0 radical (unpaired) electrons. The first-order chi connectivity index (χ1) is 9.30. The number of carbonyl (C=O) groups excluding carboxylic acids is 1. The van der Waals surface area contributed by atoms with E-state index in [1.165, 1.54) is 12.8 Å². The summed E-state index contributed by atoms with van der Waals surface area (Å²) in [5.41, 5.74) is 0.0341. The van der Waals surface area contributed by atoms with Crippen LogP contribution in [0.25, 0.3) is 0 Å². The van der Waals surface area contributed by atoms with Crippen molar-refractivity contribution in [3.8, 4) is 0 Å². The maximum absolute atomic E-state index is 12.7. The monoisotopic (exact) mass is 265 g/mol. The van der Waals surface area contributed by atoms with Gasteiger partial charge in [-0.1, -0.05) is 0 Å². The van der Waals surface area contributed by atoms with Crippen LogP contribution in [0.3, 0.4) is 0 Å². The number of rotatable bonds is 2. The molecule has 4 nitrogen and oxygen atoms in total. The van der Waals surface area contributed by atoms with Crippen molar-refractivity contribution >= 4 is 5.91 Å². The van der Waals surface area contributed by atoms with Crippen LogP contribution in [-0.2, 0) is 14.3 Å². The third kappa shape index (κ3) is 1.91. The van der Waals surface area contributed by atoms with Gasteiger partial charge in [0.1, 0.15) is 5.60 Å². The first kappa shape index (κ1) is 12.2. The third-order valence-corrected chi connectivity index (χ3v) is 5.31. The van der Waals surface area contributed by atoms with Gasteiger partial charge < -0.3 is 14.4 Å². The Labute approximate surface area is 114 Å². The molecule has 4 fully saturated rings. The van der Waals surface area contributed by atoms with Crippen molar-refractivity contribution in [2.24, 2.45) is 11.8 Å². The Hall–Kier alpha value is -0.610. The predicted octanol–water partition coefficient (Wildman–Crippen LogP) is 1.58. The smallest absolute Gasteiger partial charge is 0.228 e. The molecule has 1 amide bonds. The first-order valence-electron chi connectivity index (χ1n) is 7.82. The minimum Gasteiger partial charge on any atom is -0.381 e. The van der Waals surface area contributed by atoms with Gasteiger partial charge in [0, 0.05) is 13.2 Å². The minimum atomic E-state index is 0.0341. The quantitative estimate of drug-likeness (QED) is 0.761. The van der Waals surface area contributed by atoms with Crippen molar-refractivity contribution in [1.29, 1.82) is 0 Å². The fraction of sp³-hybridized carbons (Fsp3) is 0.933. The van der Waals surface area contributed by atoms with Crippen molar-refractivity contribution in [3.05, 3.63) is 0 Å².